The summed E-state index contributed by atoms with van der Waals surface area (Å²) in [5.74, 6) is 1.99. The Hall–Kier alpha value is -1.56. The minimum atomic E-state index is 0.343. The van der Waals surface area contributed by atoms with Crippen LogP contribution in [0.4, 0.5) is 5.82 Å². The van der Waals surface area contributed by atoms with Gasteiger partial charge in [-0.25, -0.2) is 9.97 Å². The summed E-state index contributed by atoms with van der Waals surface area (Å²) in [4.78, 5) is 8.23. The van der Waals surface area contributed by atoms with E-state index in [2.05, 4.69) is 38.1 Å². The minimum Gasteiger partial charge on any atom is -0.469 e. The van der Waals surface area contributed by atoms with Gasteiger partial charge in [0, 0.05) is 6.54 Å². The molecule has 2 rings (SSSR count). The fourth-order valence-electron chi connectivity index (χ4n) is 1.36. The zero-order chi connectivity index (χ0) is 12.8. The zero-order valence-corrected chi connectivity index (χ0v) is 11.6. The van der Waals surface area contributed by atoms with Crippen molar-refractivity contribution in [3.05, 3.63) is 35.0 Å². The quantitative estimate of drug-likeness (QED) is 0.887. The summed E-state index contributed by atoms with van der Waals surface area (Å²) in [5.41, 5.74) is 0. The molecule has 0 unspecified atom stereocenters. The molecule has 0 aromatic carbocycles. The second-order valence-corrected chi connectivity index (χ2v) is 4.43. The molecule has 96 valence electrons. The Morgan fingerprint density at radius 2 is 2.33 bits per heavy atom. The van der Waals surface area contributed by atoms with E-state index >= 15 is 0 Å². The average molecular weight is 312 g/mol. The SMILES string of the molecule is CCCNc1ncnc(OCc2ccco2)c1Br. The summed E-state index contributed by atoms with van der Waals surface area (Å²) < 4.78 is 11.5. The van der Waals surface area contributed by atoms with Crippen LogP contribution in [-0.2, 0) is 6.61 Å². The highest BCUT2D eigenvalue weighted by atomic mass is 79.9. The number of nitrogens with one attached hydrogen (secondary N) is 1. The van der Waals surface area contributed by atoms with E-state index in [-0.39, 0.29) is 0 Å². The Bertz CT molecular complexity index is 488. The van der Waals surface area contributed by atoms with Crippen LogP contribution in [-0.4, -0.2) is 16.5 Å². The molecule has 0 aliphatic rings. The highest BCUT2D eigenvalue weighted by Gasteiger charge is 2.10. The first-order valence-corrected chi connectivity index (χ1v) is 6.50. The van der Waals surface area contributed by atoms with Crippen LogP contribution in [0.15, 0.2) is 33.6 Å². The summed E-state index contributed by atoms with van der Waals surface area (Å²) in [6.45, 7) is 3.29. The van der Waals surface area contributed by atoms with E-state index in [1.54, 1.807) is 6.26 Å². The lowest BCUT2D eigenvalue weighted by atomic mass is 10.4. The summed E-state index contributed by atoms with van der Waals surface area (Å²) >= 11 is 3.43. The second-order valence-electron chi connectivity index (χ2n) is 3.64. The number of nitrogens with zero attached hydrogens (tertiary/aromatic N) is 2. The van der Waals surface area contributed by atoms with Crippen LogP contribution in [0.25, 0.3) is 0 Å². The Morgan fingerprint density at radius 1 is 1.44 bits per heavy atom. The van der Waals surface area contributed by atoms with Crippen LogP contribution in [0.1, 0.15) is 19.1 Å². The van der Waals surface area contributed by atoms with Crippen molar-refractivity contribution in [3.63, 3.8) is 0 Å². The molecule has 18 heavy (non-hydrogen) atoms. The van der Waals surface area contributed by atoms with E-state index < -0.39 is 0 Å². The first-order valence-electron chi connectivity index (χ1n) is 5.70. The average Bonchev–Trinajstić information content (AvgIpc) is 2.89. The van der Waals surface area contributed by atoms with Gasteiger partial charge >= 0.3 is 0 Å². The fraction of sp³-hybridized carbons (Fsp3) is 0.333. The molecule has 2 aromatic rings. The number of anilines is 1. The molecule has 0 spiro atoms. The van der Waals surface area contributed by atoms with Gasteiger partial charge in [0.05, 0.1) is 6.26 Å². The standard InChI is InChI=1S/C12H14BrN3O2/c1-2-5-14-11-10(13)12(16-8-15-11)18-7-9-4-3-6-17-9/h3-4,6,8H,2,5,7H2,1H3,(H,14,15,16). The first-order chi connectivity index (χ1) is 8.81. The number of hydrogen-bond acceptors (Lipinski definition) is 5. The summed E-state index contributed by atoms with van der Waals surface area (Å²) in [5, 5.41) is 3.19. The number of rotatable bonds is 6. The van der Waals surface area contributed by atoms with Crippen molar-refractivity contribution >= 4 is 21.7 Å². The first kappa shape index (κ1) is 12.9. The Kier molecular flexibility index (Phi) is 4.58. The van der Waals surface area contributed by atoms with Gasteiger partial charge in [0.25, 0.3) is 0 Å². The van der Waals surface area contributed by atoms with Crippen LogP contribution in [0, 0.1) is 0 Å². The number of halogens is 1. The van der Waals surface area contributed by atoms with Crippen molar-refractivity contribution in [2.75, 3.05) is 11.9 Å². The molecule has 0 fully saturated rings. The van der Waals surface area contributed by atoms with Gasteiger partial charge in [0.1, 0.15) is 29.0 Å². The molecule has 0 saturated heterocycles. The van der Waals surface area contributed by atoms with Crippen molar-refractivity contribution < 1.29 is 9.15 Å². The van der Waals surface area contributed by atoms with E-state index in [0.29, 0.717) is 12.5 Å². The third kappa shape index (κ3) is 3.22. The van der Waals surface area contributed by atoms with Crippen molar-refractivity contribution in [2.45, 2.75) is 20.0 Å². The Balaban J connectivity index is 2.03. The van der Waals surface area contributed by atoms with Crippen LogP contribution in [0.2, 0.25) is 0 Å². The van der Waals surface area contributed by atoms with E-state index in [4.69, 9.17) is 9.15 Å². The molecule has 0 radical (unpaired) electrons. The minimum absolute atomic E-state index is 0.343. The third-order valence-corrected chi connectivity index (χ3v) is 2.95. The van der Waals surface area contributed by atoms with Gasteiger partial charge in [0.2, 0.25) is 5.88 Å². The Morgan fingerprint density at radius 3 is 3.06 bits per heavy atom. The molecule has 0 atom stereocenters. The second kappa shape index (κ2) is 6.39. The molecule has 6 heteroatoms. The molecule has 2 heterocycles. The lowest BCUT2D eigenvalue weighted by Crippen LogP contribution is -2.05. The summed E-state index contributed by atoms with van der Waals surface area (Å²) in [7, 11) is 0. The molecule has 1 N–H and O–H groups in total. The van der Waals surface area contributed by atoms with Crippen molar-refractivity contribution in [1.82, 2.24) is 9.97 Å². The van der Waals surface area contributed by atoms with Gasteiger partial charge < -0.3 is 14.5 Å². The number of hydrogen-bond donors (Lipinski definition) is 1. The predicted molar refractivity (Wildman–Crippen MR) is 71.6 cm³/mol. The maximum Gasteiger partial charge on any atom is 0.233 e. The molecular formula is C12H14BrN3O2. The smallest absolute Gasteiger partial charge is 0.233 e. The largest absolute Gasteiger partial charge is 0.469 e. The van der Waals surface area contributed by atoms with Crippen molar-refractivity contribution in [2.24, 2.45) is 0 Å². The lowest BCUT2D eigenvalue weighted by Gasteiger charge is -2.09. The van der Waals surface area contributed by atoms with E-state index in [9.17, 15) is 0 Å². The van der Waals surface area contributed by atoms with Gasteiger partial charge in [-0.1, -0.05) is 6.92 Å². The van der Waals surface area contributed by atoms with E-state index in [1.165, 1.54) is 6.33 Å². The van der Waals surface area contributed by atoms with Crippen LogP contribution in [0.3, 0.4) is 0 Å². The van der Waals surface area contributed by atoms with Crippen LogP contribution in [0.5, 0.6) is 5.88 Å². The van der Waals surface area contributed by atoms with Gasteiger partial charge in [-0.05, 0) is 34.5 Å². The van der Waals surface area contributed by atoms with Crippen molar-refractivity contribution in [3.8, 4) is 5.88 Å². The fourth-order valence-corrected chi connectivity index (χ4v) is 1.81. The Labute approximate surface area is 114 Å². The van der Waals surface area contributed by atoms with Gasteiger partial charge in [-0.15, -0.1) is 0 Å². The molecule has 0 amide bonds. The highest BCUT2D eigenvalue weighted by Crippen LogP contribution is 2.28. The molecule has 0 saturated carbocycles. The maximum atomic E-state index is 5.57. The van der Waals surface area contributed by atoms with Gasteiger partial charge in [-0.2, -0.15) is 0 Å². The maximum absolute atomic E-state index is 5.57. The van der Waals surface area contributed by atoms with E-state index in [1.807, 2.05) is 12.1 Å². The normalized spacial score (nSPS) is 10.3. The summed E-state index contributed by atoms with van der Waals surface area (Å²) in [6, 6.07) is 3.67. The number of furan rings is 1. The van der Waals surface area contributed by atoms with Crippen LogP contribution < -0.4 is 10.1 Å². The highest BCUT2D eigenvalue weighted by molar-refractivity contribution is 9.10. The lowest BCUT2D eigenvalue weighted by molar-refractivity contribution is 0.258. The number of ether oxygens (including phenoxy) is 1. The van der Waals surface area contributed by atoms with Gasteiger partial charge in [-0.3, -0.25) is 0 Å². The zero-order valence-electron chi connectivity index (χ0n) is 10.0. The molecule has 0 aliphatic heterocycles. The summed E-state index contributed by atoms with van der Waals surface area (Å²) in [6.07, 6.45) is 4.11. The molecule has 5 nitrogen and oxygen atoms in total. The molecular weight excluding hydrogens is 298 g/mol. The van der Waals surface area contributed by atoms with Crippen molar-refractivity contribution in [1.29, 1.82) is 0 Å². The number of aromatic nitrogens is 2. The topological polar surface area (TPSA) is 60.2 Å². The van der Waals surface area contributed by atoms with E-state index in [0.717, 1.165) is 29.0 Å². The van der Waals surface area contributed by atoms with Crippen LogP contribution >= 0.6 is 15.9 Å². The monoisotopic (exact) mass is 311 g/mol. The molecule has 2 aromatic heterocycles. The molecule has 0 bridgehead atoms. The predicted octanol–water partition coefficient (Wildman–Crippen LogP) is 3.23. The molecule has 0 aliphatic carbocycles. The van der Waals surface area contributed by atoms with Gasteiger partial charge in [0.15, 0.2) is 0 Å². The third-order valence-electron chi connectivity index (χ3n) is 2.23.